The van der Waals surface area contributed by atoms with Crippen molar-refractivity contribution in [1.29, 1.82) is 0 Å². The highest BCUT2D eigenvalue weighted by Gasteiger charge is 2.14. The van der Waals surface area contributed by atoms with Crippen molar-refractivity contribution in [3.8, 4) is 0 Å². The molecule has 2 unspecified atom stereocenters. The molecule has 0 bridgehead atoms. The topological polar surface area (TPSA) is 76.7 Å². The molecule has 106 valence electrons. The first kappa shape index (κ1) is 16.9. The van der Waals surface area contributed by atoms with Gasteiger partial charge in [0.15, 0.2) is 0 Å². The Labute approximate surface area is 108 Å². The molecule has 0 aromatic rings. The molecule has 0 saturated carbocycles. The molecule has 0 saturated heterocycles. The molecule has 0 aliphatic heterocycles. The Bertz CT molecular complexity index is 232. The van der Waals surface area contributed by atoms with Gasteiger partial charge < -0.3 is 20.1 Å². The summed E-state index contributed by atoms with van der Waals surface area (Å²) in [5.41, 5.74) is 0. The van der Waals surface area contributed by atoms with Crippen molar-refractivity contribution < 1.29 is 19.1 Å². The highest BCUT2D eigenvalue weighted by atomic mass is 16.5. The average molecular weight is 260 g/mol. The molecule has 0 fully saturated rings. The zero-order valence-corrected chi connectivity index (χ0v) is 11.6. The molecular weight excluding hydrogens is 236 g/mol. The average Bonchev–Trinajstić information content (AvgIpc) is 2.34. The van der Waals surface area contributed by atoms with Gasteiger partial charge in [0.05, 0.1) is 13.2 Å². The van der Waals surface area contributed by atoms with Crippen molar-refractivity contribution in [2.24, 2.45) is 0 Å². The third-order valence-electron chi connectivity index (χ3n) is 2.31. The zero-order chi connectivity index (χ0) is 14.0. The van der Waals surface area contributed by atoms with Crippen molar-refractivity contribution in [3.05, 3.63) is 0 Å². The van der Waals surface area contributed by atoms with Gasteiger partial charge in [-0.15, -0.1) is 0 Å². The van der Waals surface area contributed by atoms with Gasteiger partial charge in [-0.3, -0.25) is 9.59 Å². The molecule has 6 heteroatoms. The summed E-state index contributed by atoms with van der Waals surface area (Å²) in [4.78, 5) is 22.6. The van der Waals surface area contributed by atoms with E-state index in [9.17, 15) is 9.59 Å². The second-order valence-electron chi connectivity index (χ2n) is 3.86. The lowest BCUT2D eigenvalue weighted by molar-refractivity contribution is -0.146. The Morgan fingerprint density at radius 2 is 1.22 bits per heavy atom. The fourth-order valence-electron chi connectivity index (χ4n) is 1.28. The first-order valence-electron chi connectivity index (χ1n) is 6.32. The second-order valence-corrected chi connectivity index (χ2v) is 3.86. The summed E-state index contributed by atoms with van der Waals surface area (Å²) in [6.07, 6.45) is 0. The van der Waals surface area contributed by atoms with Crippen LogP contribution in [-0.4, -0.2) is 50.3 Å². The van der Waals surface area contributed by atoms with Gasteiger partial charge >= 0.3 is 11.9 Å². The fourth-order valence-corrected chi connectivity index (χ4v) is 1.28. The maximum atomic E-state index is 11.3. The molecule has 0 aromatic heterocycles. The van der Waals surface area contributed by atoms with Crippen LogP contribution in [0.25, 0.3) is 0 Å². The van der Waals surface area contributed by atoms with E-state index in [1.54, 1.807) is 27.7 Å². The van der Waals surface area contributed by atoms with Crippen LogP contribution in [0, 0.1) is 0 Å². The predicted molar refractivity (Wildman–Crippen MR) is 68.2 cm³/mol. The SMILES string of the molecule is CCOC(=O)C(C)NCCNC(C)C(=O)OCC. The summed E-state index contributed by atoms with van der Waals surface area (Å²) < 4.78 is 9.71. The molecule has 0 amide bonds. The molecule has 18 heavy (non-hydrogen) atoms. The Kier molecular flexibility index (Phi) is 9.22. The summed E-state index contributed by atoms with van der Waals surface area (Å²) in [6, 6.07) is -0.686. The lowest BCUT2D eigenvalue weighted by atomic mass is 10.3. The first-order chi connectivity index (χ1) is 8.52. The highest BCUT2D eigenvalue weighted by molar-refractivity contribution is 5.75. The van der Waals surface area contributed by atoms with Crippen molar-refractivity contribution in [2.75, 3.05) is 26.3 Å². The molecule has 0 heterocycles. The maximum Gasteiger partial charge on any atom is 0.322 e. The molecule has 0 aromatic carbocycles. The smallest absolute Gasteiger partial charge is 0.322 e. The number of carbonyl (C=O) groups excluding carboxylic acids is 2. The third kappa shape index (κ3) is 7.24. The van der Waals surface area contributed by atoms with Crippen LogP contribution in [0.4, 0.5) is 0 Å². The molecule has 0 spiro atoms. The Balaban J connectivity index is 3.66. The Morgan fingerprint density at radius 3 is 1.50 bits per heavy atom. The summed E-state index contributed by atoms with van der Waals surface area (Å²) in [6.45, 7) is 8.93. The predicted octanol–water partition coefficient (Wildman–Crippen LogP) is 0.0688. The van der Waals surface area contributed by atoms with Crippen molar-refractivity contribution in [3.63, 3.8) is 0 Å². The van der Waals surface area contributed by atoms with Crippen LogP contribution in [0.2, 0.25) is 0 Å². The normalized spacial score (nSPS) is 13.8. The number of rotatable bonds is 9. The van der Waals surface area contributed by atoms with E-state index in [0.29, 0.717) is 26.3 Å². The van der Waals surface area contributed by atoms with Gasteiger partial charge in [0.1, 0.15) is 12.1 Å². The van der Waals surface area contributed by atoms with E-state index in [0.717, 1.165) is 0 Å². The Hall–Kier alpha value is -1.14. The number of ether oxygens (including phenoxy) is 2. The monoisotopic (exact) mass is 260 g/mol. The minimum absolute atomic E-state index is 0.268. The van der Waals surface area contributed by atoms with Crippen molar-refractivity contribution in [1.82, 2.24) is 10.6 Å². The molecule has 0 radical (unpaired) electrons. The molecule has 2 N–H and O–H groups in total. The van der Waals surface area contributed by atoms with Crippen LogP contribution in [0.15, 0.2) is 0 Å². The molecule has 0 rings (SSSR count). The second kappa shape index (κ2) is 9.85. The lowest BCUT2D eigenvalue weighted by Gasteiger charge is -2.15. The number of carbonyl (C=O) groups is 2. The molecule has 0 aliphatic carbocycles. The molecule has 2 atom stereocenters. The largest absolute Gasteiger partial charge is 0.465 e. The van der Waals surface area contributed by atoms with Crippen molar-refractivity contribution >= 4 is 11.9 Å². The van der Waals surface area contributed by atoms with Crippen LogP contribution in [0.3, 0.4) is 0 Å². The van der Waals surface area contributed by atoms with Crippen molar-refractivity contribution in [2.45, 2.75) is 39.8 Å². The van der Waals surface area contributed by atoms with E-state index < -0.39 is 0 Å². The quantitative estimate of drug-likeness (QED) is 0.451. The summed E-state index contributed by atoms with van der Waals surface area (Å²) >= 11 is 0. The molecule has 0 aliphatic rings. The van der Waals surface area contributed by atoms with E-state index >= 15 is 0 Å². The van der Waals surface area contributed by atoms with Gasteiger partial charge in [-0.2, -0.15) is 0 Å². The summed E-state index contributed by atoms with van der Waals surface area (Å²) in [5.74, 6) is -0.535. The lowest BCUT2D eigenvalue weighted by Crippen LogP contribution is -2.43. The van der Waals surface area contributed by atoms with Crippen LogP contribution in [0.5, 0.6) is 0 Å². The summed E-state index contributed by atoms with van der Waals surface area (Å²) in [5, 5.41) is 6.01. The van der Waals surface area contributed by atoms with E-state index in [2.05, 4.69) is 10.6 Å². The number of nitrogens with one attached hydrogen (secondary N) is 2. The molecule has 6 nitrogen and oxygen atoms in total. The number of hydrogen-bond donors (Lipinski definition) is 2. The minimum atomic E-state index is -0.343. The number of esters is 2. The van der Waals surface area contributed by atoms with E-state index in [-0.39, 0.29) is 24.0 Å². The fraction of sp³-hybridized carbons (Fsp3) is 0.833. The van der Waals surface area contributed by atoms with Crippen LogP contribution < -0.4 is 10.6 Å². The number of hydrogen-bond acceptors (Lipinski definition) is 6. The third-order valence-corrected chi connectivity index (χ3v) is 2.31. The molecular formula is C12H24N2O4. The maximum absolute atomic E-state index is 11.3. The van der Waals surface area contributed by atoms with Crippen LogP contribution >= 0.6 is 0 Å². The minimum Gasteiger partial charge on any atom is -0.465 e. The van der Waals surface area contributed by atoms with Gasteiger partial charge in [0.2, 0.25) is 0 Å². The van der Waals surface area contributed by atoms with E-state index in [4.69, 9.17) is 9.47 Å². The van der Waals surface area contributed by atoms with Gasteiger partial charge in [0, 0.05) is 13.1 Å². The summed E-state index contributed by atoms with van der Waals surface area (Å²) in [7, 11) is 0. The van der Waals surface area contributed by atoms with Gasteiger partial charge in [-0.05, 0) is 27.7 Å². The Morgan fingerprint density at radius 1 is 0.889 bits per heavy atom. The van der Waals surface area contributed by atoms with Crippen LogP contribution in [-0.2, 0) is 19.1 Å². The van der Waals surface area contributed by atoms with E-state index in [1.807, 2.05) is 0 Å². The highest BCUT2D eigenvalue weighted by Crippen LogP contribution is 1.89. The zero-order valence-electron chi connectivity index (χ0n) is 11.6. The standard InChI is InChI=1S/C12H24N2O4/c1-5-17-11(15)9(3)13-7-8-14-10(4)12(16)18-6-2/h9-10,13-14H,5-8H2,1-4H3. The first-order valence-corrected chi connectivity index (χ1v) is 6.32. The van der Waals surface area contributed by atoms with Crippen LogP contribution in [0.1, 0.15) is 27.7 Å². The van der Waals surface area contributed by atoms with Gasteiger partial charge in [-0.1, -0.05) is 0 Å². The van der Waals surface area contributed by atoms with Gasteiger partial charge in [-0.25, -0.2) is 0 Å². The van der Waals surface area contributed by atoms with E-state index in [1.165, 1.54) is 0 Å². The van der Waals surface area contributed by atoms with Gasteiger partial charge in [0.25, 0.3) is 0 Å².